The van der Waals surface area contributed by atoms with Crippen molar-refractivity contribution in [3.8, 4) is 0 Å². The van der Waals surface area contributed by atoms with Gasteiger partial charge < -0.3 is 10.1 Å². The third kappa shape index (κ3) is 4.37. The zero-order chi connectivity index (χ0) is 14.3. The lowest BCUT2D eigenvalue weighted by Crippen LogP contribution is -2.39. The molecule has 2 unspecified atom stereocenters. The SMILES string of the molecule is CC.CC(=O)OCCNC(=O)C1=CC2CCCCC12. The van der Waals surface area contributed by atoms with Gasteiger partial charge in [-0.25, -0.2) is 0 Å². The Kier molecular flexibility index (Phi) is 6.60. The molecule has 2 atom stereocenters. The minimum atomic E-state index is -0.311. The Balaban J connectivity index is 0.000000861. The summed E-state index contributed by atoms with van der Waals surface area (Å²) in [6.07, 6.45) is 7.01. The molecule has 4 nitrogen and oxygen atoms in total. The summed E-state index contributed by atoms with van der Waals surface area (Å²) in [5, 5.41) is 2.79. The van der Waals surface area contributed by atoms with Gasteiger partial charge in [-0.3, -0.25) is 9.59 Å². The second-order valence-electron chi connectivity index (χ2n) is 4.77. The largest absolute Gasteiger partial charge is 0.464 e. The maximum Gasteiger partial charge on any atom is 0.302 e. The van der Waals surface area contributed by atoms with Crippen LogP contribution >= 0.6 is 0 Å². The number of rotatable bonds is 4. The lowest BCUT2D eigenvalue weighted by molar-refractivity contribution is -0.141. The molecule has 1 fully saturated rings. The Labute approximate surface area is 115 Å². The summed E-state index contributed by atoms with van der Waals surface area (Å²) in [5.41, 5.74) is 0.942. The van der Waals surface area contributed by atoms with Gasteiger partial charge in [-0.15, -0.1) is 0 Å². The van der Waals surface area contributed by atoms with Crippen LogP contribution < -0.4 is 5.32 Å². The van der Waals surface area contributed by atoms with Crippen LogP contribution in [0.4, 0.5) is 0 Å². The van der Waals surface area contributed by atoms with Gasteiger partial charge in [0.25, 0.3) is 0 Å². The first-order valence-corrected chi connectivity index (χ1v) is 7.32. The summed E-state index contributed by atoms with van der Waals surface area (Å²) < 4.78 is 4.76. The lowest BCUT2D eigenvalue weighted by atomic mass is 9.66. The van der Waals surface area contributed by atoms with E-state index in [1.165, 1.54) is 26.2 Å². The van der Waals surface area contributed by atoms with Crippen molar-refractivity contribution < 1.29 is 14.3 Å². The molecule has 0 aromatic rings. The van der Waals surface area contributed by atoms with Crippen LogP contribution in [0.25, 0.3) is 0 Å². The van der Waals surface area contributed by atoms with Crippen molar-refractivity contribution in [2.75, 3.05) is 13.2 Å². The van der Waals surface area contributed by atoms with Gasteiger partial charge >= 0.3 is 5.97 Å². The number of carbonyl (C=O) groups excluding carboxylic acids is 2. The second-order valence-corrected chi connectivity index (χ2v) is 4.77. The molecule has 2 aliphatic rings. The Morgan fingerprint density at radius 1 is 1.32 bits per heavy atom. The van der Waals surface area contributed by atoms with E-state index in [-0.39, 0.29) is 18.5 Å². The minimum Gasteiger partial charge on any atom is -0.464 e. The van der Waals surface area contributed by atoms with E-state index in [2.05, 4.69) is 11.4 Å². The third-order valence-corrected chi connectivity index (χ3v) is 3.57. The van der Waals surface area contributed by atoms with Crippen molar-refractivity contribution in [3.05, 3.63) is 11.6 Å². The number of ether oxygens (including phenoxy) is 1. The fourth-order valence-corrected chi connectivity index (χ4v) is 2.69. The van der Waals surface area contributed by atoms with Gasteiger partial charge in [0.2, 0.25) is 5.91 Å². The van der Waals surface area contributed by atoms with Gasteiger partial charge in [0.05, 0.1) is 6.54 Å². The van der Waals surface area contributed by atoms with Crippen LogP contribution in [0.15, 0.2) is 11.6 Å². The first-order chi connectivity index (χ1) is 9.18. The number of esters is 1. The zero-order valence-corrected chi connectivity index (χ0v) is 12.2. The van der Waals surface area contributed by atoms with Gasteiger partial charge in [0, 0.05) is 12.5 Å². The summed E-state index contributed by atoms with van der Waals surface area (Å²) >= 11 is 0. The van der Waals surface area contributed by atoms with Crippen molar-refractivity contribution in [1.29, 1.82) is 0 Å². The molecule has 1 amide bonds. The number of hydrogen-bond acceptors (Lipinski definition) is 3. The molecule has 108 valence electrons. The predicted octanol–water partition coefficient (Wildman–Crippen LogP) is 2.44. The first kappa shape index (κ1) is 15.7. The molecule has 0 radical (unpaired) electrons. The predicted molar refractivity (Wildman–Crippen MR) is 74.5 cm³/mol. The quantitative estimate of drug-likeness (QED) is 0.628. The van der Waals surface area contributed by atoms with Gasteiger partial charge in [-0.2, -0.15) is 0 Å². The maximum atomic E-state index is 11.8. The topological polar surface area (TPSA) is 55.4 Å². The lowest BCUT2D eigenvalue weighted by Gasteiger charge is -2.38. The monoisotopic (exact) mass is 267 g/mol. The number of fused-ring (bicyclic) bond motifs is 1. The average Bonchev–Trinajstić information content (AvgIpc) is 2.38. The van der Waals surface area contributed by atoms with Crippen LogP contribution in [0.3, 0.4) is 0 Å². The van der Waals surface area contributed by atoms with E-state index in [1.54, 1.807) is 0 Å². The van der Waals surface area contributed by atoms with Gasteiger partial charge in [-0.1, -0.05) is 32.8 Å². The zero-order valence-electron chi connectivity index (χ0n) is 12.2. The summed E-state index contributed by atoms with van der Waals surface area (Å²) in [6.45, 7) is 6.01. The molecule has 2 aliphatic carbocycles. The van der Waals surface area contributed by atoms with E-state index >= 15 is 0 Å². The molecule has 0 aliphatic heterocycles. The molecule has 19 heavy (non-hydrogen) atoms. The van der Waals surface area contributed by atoms with Crippen LogP contribution in [-0.4, -0.2) is 25.0 Å². The fraction of sp³-hybridized carbons (Fsp3) is 0.733. The van der Waals surface area contributed by atoms with E-state index in [9.17, 15) is 9.59 Å². The van der Waals surface area contributed by atoms with E-state index in [4.69, 9.17) is 4.74 Å². The Hall–Kier alpha value is -1.32. The number of carbonyl (C=O) groups is 2. The molecule has 1 N–H and O–H groups in total. The summed E-state index contributed by atoms with van der Waals surface area (Å²) in [4.78, 5) is 22.3. The standard InChI is InChI=1S/C13H19NO3.C2H6/c1-9(15)17-7-6-14-13(16)12-8-10-4-2-3-5-11(10)12;1-2/h8,10-11H,2-7H2,1H3,(H,14,16);1-2H3. The van der Waals surface area contributed by atoms with E-state index in [0.717, 1.165) is 12.0 Å². The van der Waals surface area contributed by atoms with Crippen molar-refractivity contribution >= 4 is 11.9 Å². The molecular weight excluding hydrogens is 242 g/mol. The van der Waals surface area contributed by atoms with Crippen molar-refractivity contribution in [2.45, 2.75) is 46.5 Å². The summed E-state index contributed by atoms with van der Waals surface area (Å²) in [6, 6.07) is 0. The van der Waals surface area contributed by atoms with Crippen LogP contribution in [0, 0.1) is 11.8 Å². The molecular formula is C15H25NO3. The second kappa shape index (κ2) is 7.97. The van der Waals surface area contributed by atoms with E-state index in [1.807, 2.05) is 13.8 Å². The third-order valence-electron chi connectivity index (χ3n) is 3.57. The normalized spacial score (nSPS) is 23.8. The molecule has 0 aromatic carbocycles. The highest BCUT2D eigenvalue weighted by atomic mass is 16.5. The highest BCUT2D eigenvalue weighted by molar-refractivity contribution is 5.95. The molecule has 0 bridgehead atoms. The average molecular weight is 267 g/mol. The van der Waals surface area contributed by atoms with Crippen LogP contribution in [0.1, 0.15) is 46.5 Å². The van der Waals surface area contributed by atoms with Crippen molar-refractivity contribution in [1.82, 2.24) is 5.32 Å². The number of hydrogen-bond donors (Lipinski definition) is 1. The van der Waals surface area contributed by atoms with E-state index < -0.39 is 0 Å². The fourth-order valence-electron chi connectivity index (χ4n) is 2.69. The molecule has 4 heteroatoms. The number of allylic oxidation sites excluding steroid dienone is 1. The maximum absolute atomic E-state index is 11.8. The molecule has 0 heterocycles. The smallest absolute Gasteiger partial charge is 0.302 e. The van der Waals surface area contributed by atoms with Gasteiger partial charge in [0.15, 0.2) is 0 Å². The summed E-state index contributed by atoms with van der Waals surface area (Å²) in [5.74, 6) is 0.824. The Morgan fingerprint density at radius 2 is 2.00 bits per heavy atom. The van der Waals surface area contributed by atoms with Gasteiger partial charge in [-0.05, 0) is 24.7 Å². The Morgan fingerprint density at radius 3 is 2.63 bits per heavy atom. The highest BCUT2D eigenvalue weighted by Crippen LogP contribution is 2.43. The molecule has 2 rings (SSSR count). The Bertz CT molecular complexity index is 349. The van der Waals surface area contributed by atoms with Crippen LogP contribution in [0.5, 0.6) is 0 Å². The van der Waals surface area contributed by atoms with Crippen molar-refractivity contribution in [2.24, 2.45) is 11.8 Å². The van der Waals surface area contributed by atoms with Crippen LogP contribution in [0.2, 0.25) is 0 Å². The number of nitrogens with one attached hydrogen (secondary N) is 1. The molecule has 0 aromatic heterocycles. The molecule has 0 spiro atoms. The first-order valence-electron chi connectivity index (χ1n) is 7.32. The van der Waals surface area contributed by atoms with E-state index in [0.29, 0.717) is 18.4 Å². The van der Waals surface area contributed by atoms with Crippen molar-refractivity contribution in [3.63, 3.8) is 0 Å². The summed E-state index contributed by atoms with van der Waals surface area (Å²) in [7, 11) is 0. The van der Waals surface area contributed by atoms with Crippen LogP contribution in [-0.2, 0) is 14.3 Å². The minimum absolute atomic E-state index is 0.0142. The molecule has 0 saturated heterocycles. The number of amides is 1. The highest BCUT2D eigenvalue weighted by Gasteiger charge is 2.37. The van der Waals surface area contributed by atoms with Gasteiger partial charge in [0.1, 0.15) is 6.61 Å². The molecule has 1 saturated carbocycles.